The fraction of sp³-hybridized carbons (Fsp3) is 0.222. The fourth-order valence-electron chi connectivity index (χ4n) is 2.62. The summed E-state index contributed by atoms with van der Waals surface area (Å²) in [4.78, 5) is 12.5. The molecule has 8 nitrogen and oxygen atoms in total. The number of Topliss-reactive ketones (excluding diaryl/α,β-unsaturated/α-hetero) is 1. The molecule has 0 saturated heterocycles. The molecule has 1 aromatic carbocycles. The molecule has 0 spiro atoms. The van der Waals surface area contributed by atoms with Gasteiger partial charge in [0.2, 0.25) is 6.79 Å². The average Bonchev–Trinajstić information content (AvgIpc) is 3.50. The summed E-state index contributed by atoms with van der Waals surface area (Å²) in [6.07, 6.45) is -0.337. The molecule has 0 saturated carbocycles. The molecule has 1 aliphatic heterocycles. The van der Waals surface area contributed by atoms with Crippen molar-refractivity contribution in [2.45, 2.75) is 25.2 Å². The van der Waals surface area contributed by atoms with Crippen LogP contribution >= 0.6 is 22.9 Å². The number of benzene rings is 1. The zero-order valence-corrected chi connectivity index (χ0v) is 17.5. The van der Waals surface area contributed by atoms with Crippen LogP contribution in [-0.2, 0) is 16.4 Å². The molecular weight excluding hydrogens is 440 g/mol. The first kappa shape index (κ1) is 16.3. The molecule has 152 valence electrons. The number of nitrogens with zero attached hydrogens (tertiary/aromatic N) is 1. The normalized spacial score (nSPS) is 14.4. The van der Waals surface area contributed by atoms with Crippen molar-refractivity contribution in [3.63, 3.8) is 0 Å². The van der Waals surface area contributed by atoms with E-state index in [2.05, 4.69) is 5.16 Å². The van der Waals surface area contributed by atoms with Crippen LogP contribution in [0.1, 0.15) is 29.2 Å². The summed E-state index contributed by atoms with van der Waals surface area (Å²) in [5, 5.41) is 4.82. The van der Waals surface area contributed by atoms with Crippen LogP contribution in [0.4, 0.5) is 5.88 Å². The number of carbonyl (C=O) groups excluding carboxylic acids is 1. The van der Waals surface area contributed by atoms with Gasteiger partial charge in [0.05, 0.1) is 7.62 Å². The lowest BCUT2D eigenvalue weighted by molar-refractivity contribution is 0.0994. The van der Waals surface area contributed by atoms with Gasteiger partial charge in [0.1, 0.15) is 15.6 Å². The fourth-order valence-corrected chi connectivity index (χ4v) is 5.09. The molecule has 3 aromatic rings. The summed E-state index contributed by atoms with van der Waals surface area (Å²) in [6, 6.07) is 1.12. The number of ether oxygens (including phenoxy) is 2. The second kappa shape index (κ2) is 7.36. The quantitative estimate of drug-likeness (QED) is 0.558. The largest absolute Gasteiger partial charge is 0.454 e. The number of ketones is 1. The van der Waals surface area contributed by atoms with E-state index < -0.39 is 26.6 Å². The third-order valence-corrected chi connectivity index (χ3v) is 6.93. The summed E-state index contributed by atoms with van der Waals surface area (Å²) in [7, 11) is -4.52. The maximum atomic E-state index is 13.1. The van der Waals surface area contributed by atoms with Crippen molar-refractivity contribution in [3.8, 4) is 11.5 Å². The standard InChI is InChI=1S/C18H15ClN2O6S2/c1-9-5-13-14(26-8-25-13)7-11(9)6-12(22)17-15(3-4-28-17)29(23,24)21-18-16(19)10(2)20-27-18/h3-5,7,21H,6,8H2,1-2H3/i5D,7D/hD. The van der Waals surface area contributed by atoms with Gasteiger partial charge < -0.3 is 14.0 Å². The Hall–Kier alpha value is -2.56. The Morgan fingerprint density at radius 3 is 2.79 bits per heavy atom. The minimum absolute atomic E-state index is 0.00277. The lowest BCUT2D eigenvalue weighted by Gasteiger charge is -2.09. The number of aryl methyl sites for hydroxylation is 1. The zero-order valence-electron chi connectivity index (χ0n) is 18.1. The second-order valence-corrected chi connectivity index (χ2v) is 8.95. The highest BCUT2D eigenvalue weighted by atomic mass is 35.5. The Kier molecular flexibility index (Phi) is 4.13. The molecule has 3 heterocycles. The Bertz CT molecular complexity index is 1360. The zero-order chi connectivity index (χ0) is 23.4. The molecule has 11 heteroatoms. The summed E-state index contributed by atoms with van der Waals surface area (Å²) >= 11 is 6.85. The van der Waals surface area contributed by atoms with Crippen LogP contribution in [0, 0.1) is 13.8 Å². The van der Waals surface area contributed by atoms with Gasteiger partial charge in [0, 0.05) is 6.42 Å². The Morgan fingerprint density at radius 2 is 2.10 bits per heavy atom. The van der Waals surface area contributed by atoms with Crippen LogP contribution in [0.3, 0.4) is 0 Å². The molecule has 0 atom stereocenters. The van der Waals surface area contributed by atoms with E-state index >= 15 is 0 Å². The maximum absolute atomic E-state index is 13.1. The van der Waals surface area contributed by atoms with Gasteiger partial charge in [0.25, 0.3) is 15.9 Å². The van der Waals surface area contributed by atoms with E-state index in [1.165, 1.54) is 18.4 Å². The predicted octanol–water partition coefficient (Wildman–Crippen LogP) is 3.96. The van der Waals surface area contributed by atoms with E-state index in [9.17, 15) is 13.2 Å². The van der Waals surface area contributed by atoms with Crippen molar-refractivity contribution >= 4 is 44.6 Å². The van der Waals surface area contributed by atoms with Gasteiger partial charge >= 0.3 is 0 Å². The van der Waals surface area contributed by atoms with E-state index in [1.54, 1.807) is 6.92 Å². The molecule has 4 rings (SSSR count). The van der Waals surface area contributed by atoms with Gasteiger partial charge in [0.15, 0.2) is 18.7 Å². The first-order valence-corrected chi connectivity index (χ1v) is 10.9. The first-order chi connectivity index (χ1) is 15.1. The van der Waals surface area contributed by atoms with Crippen molar-refractivity contribution in [2.75, 3.05) is 11.5 Å². The molecule has 0 fully saturated rings. The van der Waals surface area contributed by atoms with Crippen LogP contribution < -0.4 is 14.2 Å². The number of hydrogen-bond acceptors (Lipinski definition) is 8. The first-order valence-electron chi connectivity index (χ1n) is 9.65. The Balaban J connectivity index is 1.70. The van der Waals surface area contributed by atoms with Crippen LogP contribution in [0.5, 0.6) is 11.5 Å². The SMILES string of the molecule is [2H]c1c(C)c(CC(=O)c2sccc2S(=O)(=O)N([2H])c2onc(C)c2Cl)c([2H])c2c1OCO2. The highest BCUT2D eigenvalue weighted by Gasteiger charge is 2.27. The minimum atomic E-state index is -4.52. The molecule has 2 aromatic heterocycles. The summed E-state index contributed by atoms with van der Waals surface area (Å²) in [5.74, 6) is -0.864. The number of anilines is 1. The third kappa shape index (κ3) is 3.70. The molecule has 0 aliphatic carbocycles. The lowest BCUT2D eigenvalue weighted by atomic mass is 10.0. The topological polar surface area (TPSA) is 108 Å². The summed E-state index contributed by atoms with van der Waals surface area (Å²) < 4.78 is 66.0. The molecule has 1 aliphatic rings. The number of hydrogen-bond donors (Lipinski definition) is 1. The van der Waals surface area contributed by atoms with Gasteiger partial charge in [-0.15, -0.1) is 11.3 Å². The van der Waals surface area contributed by atoms with Gasteiger partial charge in [-0.25, -0.2) is 13.1 Å². The van der Waals surface area contributed by atoms with E-state index in [-0.39, 0.29) is 62.7 Å². The predicted molar refractivity (Wildman–Crippen MR) is 107 cm³/mol. The number of carbonyl (C=O) groups is 1. The van der Waals surface area contributed by atoms with Crippen LogP contribution in [0.2, 0.25) is 6.43 Å². The van der Waals surface area contributed by atoms with E-state index in [1.807, 2.05) is 0 Å². The highest BCUT2D eigenvalue weighted by Crippen LogP contribution is 2.36. The van der Waals surface area contributed by atoms with Gasteiger partial charge in [-0.2, -0.15) is 0 Å². The monoisotopic (exact) mass is 457 g/mol. The maximum Gasteiger partial charge on any atom is 0.265 e. The van der Waals surface area contributed by atoms with Crippen molar-refractivity contribution in [2.24, 2.45) is 0 Å². The lowest BCUT2D eigenvalue weighted by Crippen LogP contribution is -2.16. The molecule has 0 radical (unpaired) electrons. The Morgan fingerprint density at radius 1 is 1.38 bits per heavy atom. The van der Waals surface area contributed by atoms with Crippen molar-refractivity contribution < 1.29 is 31.4 Å². The van der Waals surface area contributed by atoms with Crippen LogP contribution in [-0.4, -0.2) is 26.2 Å². The van der Waals surface area contributed by atoms with Crippen molar-refractivity contribution in [1.82, 2.24) is 5.16 Å². The molecule has 29 heavy (non-hydrogen) atoms. The molecule has 0 amide bonds. The van der Waals surface area contributed by atoms with Gasteiger partial charge in [-0.3, -0.25) is 4.79 Å². The molecule has 0 unspecified atom stereocenters. The molecule has 0 bridgehead atoms. The summed E-state index contributed by atoms with van der Waals surface area (Å²) in [6.45, 7) is 2.94. The van der Waals surface area contributed by atoms with E-state index in [0.717, 1.165) is 11.3 Å². The van der Waals surface area contributed by atoms with Crippen LogP contribution in [0.15, 0.2) is 32.9 Å². The molecular formula is C18H15ClN2O6S2. The number of fused-ring (bicyclic) bond motifs is 1. The van der Waals surface area contributed by atoms with Crippen molar-refractivity contribution in [3.05, 3.63) is 50.3 Å². The Labute approximate surface area is 179 Å². The van der Waals surface area contributed by atoms with Gasteiger partial charge in [-0.1, -0.05) is 16.8 Å². The van der Waals surface area contributed by atoms with E-state index in [4.69, 9.17) is 29.8 Å². The average molecular weight is 458 g/mol. The third-order valence-electron chi connectivity index (χ3n) is 4.11. The smallest absolute Gasteiger partial charge is 0.265 e. The van der Waals surface area contributed by atoms with E-state index in [0.29, 0.717) is 5.56 Å². The number of thiophene rings is 1. The number of rotatable bonds is 6. The number of nitrogens with one attached hydrogen (secondary N) is 1. The number of aromatic nitrogens is 1. The van der Waals surface area contributed by atoms with Gasteiger partial charge in [-0.05, 0) is 48.5 Å². The number of sulfonamides is 1. The van der Waals surface area contributed by atoms with Crippen molar-refractivity contribution in [1.29, 1.82) is 0 Å². The molecule has 1 N–H and O–H groups in total. The minimum Gasteiger partial charge on any atom is -0.454 e. The second-order valence-electron chi connectivity index (χ2n) is 6.09. The van der Waals surface area contributed by atoms with Crippen LogP contribution in [0.25, 0.3) is 0 Å². The number of halogens is 1. The highest BCUT2D eigenvalue weighted by molar-refractivity contribution is 7.93. The summed E-state index contributed by atoms with van der Waals surface area (Å²) in [5.41, 5.74) is 0.806.